The topological polar surface area (TPSA) is 0 Å². The molecule has 0 N–H and O–H groups in total. The predicted octanol–water partition coefficient (Wildman–Crippen LogP) is 1.36. The molecule has 0 bridgehead atoms. The Morgan fingerprint density at radius 3 is 2.10 bits per heavy atom. The fourth-order valence-corrected chi connectivity index (χ4v) is 3.47. The first-order chi connectivity index (χ1) is 4.68. The zero-order valence-corrected chi connectivity index (χ0v) is 11.4. The third-order valence-electron chi connectivity index (χ3n) is 2.84. The number of hydrogen-bond acceptors (Lipinski definition) is 0. The Morgan fingerprint density at radius 1 is 1.30 bits per heavy atom. The average Bonchev–Trinajstić information content (AvgIpc) is 2.00. The number of rotatable bonds is 5. The van der Waals surface area contributed by atoms with Gasteiger partial charge in [0.15, 0.2) is 0 Å². The summed E-state index contributed by atoms with van der Waals surface area (Å²) in [5, 5.41) is 0.809. The van der Waals surface area contributed by atoms with Crippen LogP contribution in [0.5, 0.6) is 0 Å². The molecule has 0 rings (SSSR count). The van der Waals surface area contributed by atoms with Crippen molar-refractivity contribution in [2.75, 3.05) is 0 Å². The van der Waals surface area contributed by atoms with E-state index in [1.165, 1.54) is 29.5 Å². The van der Waals surface area contributed by atoms with E-state index in [1.54, 1.807) is 6.04 Å². The molecule has 0 atom stereocenters. The van der Waals surface area contributed by atoms with Gasteiger partial charge in [-0.1, -0.05) is 45.7 Å². The zero-order valence-electron chi connectivity index (χ0n) is 8.04. The van der Waals surface area contributed by atoms with Gasteiger partial charge in [0.2, 0.25) is 0 Å². The Morgan fingerprint density at radius 2 is 1.80 bits per heavy atom. The predicted molar refractivity (Wildman–Crippen MR) is 57.0 cm³/mol. The molecule has 0 heterocycles. The highest BCUT2D eigenvalue weighted by atomic mass is 28.2. The molecule has 0 unspecified atom stereocenters. The minimum absolute atomic E-state index is 0.338. The summed E-state index contributed by atoms with van der Waals surface area (Å²) < 4.78 is 0. The molecule has 0 saturated heterocycles. The van der Waals surface area contributed by atoms with Crippen molar-refractivity contribution < 1.29 is 0 Å². The Labute approximate surface area is 71.0 Å². The maximum atomic E-state index is 2.42. The minimum Gasteiger partial charge on any atom is -0.0748 e. The maximum absolute atomic E-state index is 2.42. The van der Waals surface area contributed by atoms with Crippen LogP contribution in [-0.4, -0.2) is 19.8 Å². The van der Waals surface area contributed by atoms with Crippen LogP contribution in [0.2, 0.25) is 17.6 Å². The van der Waals surface area contributed by atoms with Crippen molar-refractivity contribution in [1.29, 1.82) is 0 Å². The molecule has 0 spiro atoms. The Bertz CT molecular complexity index is 77.3. The molecule has 0 aromatic carbocycles. The molecule has 0 aromatic rings. The van der Waals surface area contributed by atoms with Gasteiger partial charge in [0.05, 0.1) is 0 Å². The Balaban J connectivity index is 3.58. The molecule has 62 valence electrons. The lowest BCUT2D eigenvalue weighted by atomic mass is 9.99. The third kappa shape index (κ3) is 3.57. The van der Waals surface area contributed by atoms with E-state index >= 15 is 0 Å². The Hall–Kier alpha value is 0.434. The van der Waals surface area contributed by atoms with Gasteiger partial charge in [0.1, 0.15) is 0 Å². The molecule has 0 nitrogen and oxygen atoms in total. The van der Waals surface area contributed by atoms with Crippen molar-refractivity contribution in [3.63, 3.8) is 0 Å². The van der Waals surface area contributed by atoms with Crippen LogP contribution in [0.3, 0.4) is 0 Å². The van der Waals surface area contributed by atoms with Crippen LogP contribution in [0.4, 0.5) is 0 Å². The summed E-state index contributed by atoms with van der Waals surface area (Å²) in [6.45, 7) is 7.13. The largest absolute Gasteiger partial charge is 0.0748 e. The van der Waals surface area contributed by atoms with Gasteiger partial charge in [-0.3, -0.25) is 0 Å². The molecule has 10 heavy (non-hydrogen) atoms. The highest BCUT2D eigenvalue weighted by Crippen LogP contribution is 2.35. The first-order valence-corrected chi connectivity index (χ1v) is 8.10. The quantitative estimate of drug-likeness (QED) is 0.552. The van der Waals surface area contributed by atoms with Crippen LogP contribution < -0.4 is 0 Å². The highest BCUT2D eigenvalue weighted by molar-refractivity contribution is 6.33. The van der Waals surface area contributed by atoms with Crippen LogP contribution in [-0.2, 0) is 0 Å². The van der Waals surface area contributed by atoms with E-state index in [0.29, 0.717) is 9.52 Å². The molecule has 0 fully saturated rings. The van der Waals surface area contributed by atoms with Crippen LogP contribution in [0, 0.1) is 0 Å². The van der Waals surface area contributed by atoms with E-state index in [0.717, 1.165) is 5.04 Å². The van der Waals surface area contributed by atoms with Crippen molar-refractivity contribution in [1.82, 2.24) is 0 Å². The first-order valence-electron chi connectivity index (χ1n) is 4.68. The molecular weight excluding hydrogens is 152 g/mol. The Kier molecular flexibility index (Phi) is 5.36. The van der Waals surface area contributed by atoms with Crippen LogP contribution in [0.25, 0.3) is 0 Å². The van der Waals surface area contributed by atoms with Crippen LogP contribution in [0.15, 0.2) is 0 Å². The average molecular weight is 174 g/mol. The monoisotopic (exact) mass is 174 g/mol. The third-order valence-corrected chi connectivity index (χ3v) is 5.82. The van der Waals surface area contributed by atoms with Crippen molar-refractivity contribution in [2.45, 2.75) is 50.7 Å². The lowest BCUT2D eigenvalue weighted by Crippen LogP contribution is -2.10. The van der Waals surface area contributed by atoms with Gasteiger partial charge in [0, 0.05) is 19.8 Å². The van der Waals surface area contributed by atoms with Gasteiger partial charge in [-0.25, -0.2) is 0 Å². The van der Waals surface area contributed by atoms with Crippen molar-refractivity contribution in [3.8, 4) is 0 Å². The van der Waals surface area contributed by atoms with Gasteiger partial charge in [0.25, 0.3) is 0 Å². The number of hydrogen-bond donors (Lipinski definition) is 0. The van der Waals surface area contributed by atoms with Crippen LogP contribution in [0.1, 0.15) is 33.1 Å². The maximum Gasteiger partial charge on any atom is 0.0166 e. The summed E-state index contributed by atoms with van der Waals surface area (Å²) in [5.41, 5.74) is 0. The summed E-state index contributed by atoms with van der Waals surface area (Å²) >= 11 is 0. The molecule has 0 aromatic heterocycles. The first kappa shape index (κ1) is 10.4. The van der Waals surface area contributed by atoms with E-state index in [2.05, 4.69) is 20.4 Å². The van der Waals surface area contributed by atoms with Gasteiger partial charge in [-0.05, 0) is 5.04 Å². The smallest absolute Gasteiger partial charge is 0.0166 e. The summed E-state index contributed by atoms with van der Waals surface area (Å²) in [6.07, 6.45) is 4.38. The second-order valence-corrected chi connectivity index (χ2v) is 7.45. The molecule has 0 aliphatic rings. The summed E-state index contributed by atoms with van der Waals surface area (Å²) in [7, 11) is 1.74. The van der Waals surface area contributed by atoms with E-state index in [4.69, 9.17) is 0 Å². The normalized spacial score (nSPS) is 13.5. The molecular formula is C8H22Si2. The standard InChI is InChI=1S/C8H22Si2/c1-4-8(9,5-2)6-7-10-3/h4-7,10H2,1-3,9H3. The fraction of sp³-hybridized carbons (Fsp3) is 1.00. The molecule has 2 heteroatoms. The zero-order chi connectivity index (χ0) is 8.04. The van der Waals surface area contributed by atoms with E-state index in [1.807, 2.05) is 0 Å². The molecule has 0 aliphatic heterocycles. The second kappa shape index (κ2) is 5.13. The van der Waals surface area contributed by atoms with Crippen molar-refractivity contribution in [2.24, 2.45) is 0 Å². The van der Waals surface area contributed by atoms with Crippen molar-refractivity contribution in [3.05, 3.63) is 0 Å². The minimum atomic E-state index is 0.338. The lowest BCUT2D eigenvalue weighted by molar-refractivity contribution is 0.503. The molecule has 0 aliphatic carbocycles. The molecule has 0 saturated carbocycles. The van der Waals surface area contributed by atoms with Gasteiger partial charge < -0.3 is 0 Å². The summed E-state index contributed by atoms with van der Waals surface area (Å²) in [5.74, 6) is 0. The SMILES string of the molecule is CCC([SiH3])(CC)CC[SiH2]C. The van der Waals surface area contributed by atoms with Crippen LogP contribution >= 0.6 is 0 Å². The summed E-state index contributed by atoms with van der Waals surface area (Å²) in [6, 6.07) is 1.57. The van der Waals surface area contributed by atoms with Gasteiger partial charge >= 0.3 is 0 Å². The van der Waals surface area contributed by atoms with Crippen molar-refractivity contribution >= 4 is 19.8 Å². The van der Waals surface area contributed by atoms with E-state index in [9.17, 15) is 0 Å². The van der Waals surface area contributed by atoms with E-state index in [-0.39, 0.29) is 0 Å². The summed E-state index contributed by atoms with van der Waals surface area (Å²) in [4.78, 5) is 0. The second-order valence-electron chi connectivity index (χ2n) is 3.62. The van der Waals surface area contributed by atoms with E-state index < -0.39 is 0 Å². The molecule has 0 radical (unpaired) electrons. The van der Waals surface area contributed by atoms with Gasteiger partial charge in [-0.2, -0.15) is 0 Å². The van der Waals surface area contributed by atoms with Gasteiger partial charge in [-0.15, -0.1) is 0 Å². The highest BCUT2D eigenvalue weighted by Gasteiger charge is 2.17. The lowest BCUT2D eigenvalue weighted by Gasteiger charge is -2.26. The molecule has 0 amide bonds. The fourth-order valence-electron chi connectivity index (χ4n) is 1.21.